The van der Waals surface area contributed by atoms with E-state index in [2.05, 4.69) is 20.8 Å². The molecule has 3 amide bonds. The third-order valence-electron chi connectivity index (χ3n) is 8.51. The number of halogens is 2. The molecule has 4 aromatic rings. The number of aromatic nitrogens is 2. The summed E-state index contributed by atoms with van der Waals surface area (Å²) < 4.78 is 41.5. The van der Waals surface area contributed by atoms with Gasteiger partial charge >= 0.3 is 0 Å². The van der Waals surface area contributed by atoms with Crippen LogP contribution in [-0.2, 0) is 25.0 Å². The maximum atomic E-state index is 14.9. The minimum atomic E-state index is -3.16. The summed E-state index contributed by atoms with van der Waals surface area (Å²) in [6.07, 6.45) is 1.88. The molecule has 1 aliphatic carbocycles. The van der Waals surface area contributed by atoms with Crippen LogP contribution in [0.4, 0.5) is 8.78 Å². The number of rotatable bonds is 7. The zero-order valence-electron chi connectivity index (χ0n) is 24.1. The van der Waals surface area contributed by atoms with E-state index in [4.69, 9.17) is 9.47 Å². The number of H-pyrrole nitrogens is 1. The van der Waals surface area contributed by atoms with E-state index >= 15 is 0 Å². The quantitative estimate of drug-likeness (QED) is 0.280. The van der Waals surface area contributed by atoms with Gasteiger partial charge in [-0.05, 0) is 42.3 Å². The molecule has 13 heteroatoms. The Kier molecular flexibility index (Phi) is 7.26. The number of hydrogen-bond donors (Lipinski definition) is 3. The predicted molar refractivity (Wildman–Crippen MR) is 160 cm³/mol. The number of likely N-dealkylation sites (tertiary alicyclic amines) is 1. The lowest BCUT2D eigenvalue weighted by Gasteiger charge is -2.25. The molecule has 3 N–H and O–H groups in total. The van der Waals surface area contributed by atoms with Crippen molar-refractivity contribution < 1.29 is 32.6 Å². The van der Waals surface area contributed by atoms with Gasteiger partial charge in [-0.15, -0.1) is 11.3 Å². The van der Waals surface area contributed by atoms with Gasteiger partial charge in [0.25, 0.3) is 11.8 Å². The van der Waals surface area contributed by atoms with Gasteiger partial charge in [-0.2, -0.15) is 13.9 Å². The molecule has 2 fully saturated rings. The summed E-state index contributed by atoms with van der Waals surface area (Å²) in [6, 6.07) is 12.8. The normalized spacial score (nSPS) is 19.7. The number of hydrogen-bond acceptors (Lipinski definition) is 7. The molecule has 45 heavy (non-hydrogen) atoms. The lowest BCUT2D eigenvalue weighted by molar-refractivity contribution is -0.152. The first-order chi connectivity index (χ1) is 21.6. The molecule has 2 aromatic carbocycles. The van der Waals surface area contributed by atoms with Gasteiger partial charge in [0.15, 0.2) is 5.79 Å². The van der Waals surface area contributed by atoms with Crippen LogP contribution >= 0.6 is 11.3 Å². The van der Waals surface area contributed by atoms with Crippen molar-refractivity contribution in [2.45, 2.75) is 37.1 Å². The first-order valence-electron chi connectivity index (χ1n) is 14.5. The highest BCUT2D eigenvalue weighted by Gasteiger charge is 2.52. The van der Waals surface area contributed by atoms with E-state index in [0.29, 0.717) is 18.8 Å². The summed E-state index contributed by atoms with van der Waals surface area (Å²) in [7, 11) is 0. The second-order valence-corrected chi connectivity index (χ2v) is 12.3. The van der Waals surface area contributed by atoms with Gasteiger partial charge in [0.05, 0.1) is 38.0 Å². The molecule has 2 aromatic heterocycles. The number of carbonyl (C=O) groups excluding carboxylic acids is 3. The van der Waals surface area contributed by atoms with Crippen LogP contribution in [0.5, 0.6) is 0 Å². The van der Waals surface area contributed by atoms with E-state index < -0.39 is 36.1 Å². The molecule has 4 heterocycles. The third kappa shape index (κ3) is 5.20. The van der Waals surface area contributed by atoms with Crippen molar-refractivity contribution in [3.63, 3.8) is 0 Å². The van der Waals surface area contributed by atoms with E-state index in [1.54, 1.807) is 24.4 Å². The average Bonchev–Trinajstić information content (AvgIpc) is 3.88. The fourth-order valence-corrected chi connectivity index (χ4v) is 7.15. The molecule has 10 nitrogen and oxygen atoms in total. The van der Waals surface area contributed by atoms with Crippen molar-refractivity contribution in [3.05, 3.63) is 87.7 Å². The van der Waals surface area contributed by atoms with Crippen molar-refractivity contribution in [3.8, 4) is 22.4 Å². The lowest BCUT2D eigenvalue weighted by Crippen LogP contribution is -2.49. The van der Waals surface area contributed by atoms with E-state index in [1.807, 2.05) is 24.4 Å². The molecule has 232 valence electrons. The monoisotopic (exact) mass is 633 g/mol. The summed E-state index contributed by atoms with van der Waals surface area (Å²) >= 11 is 1.49. The number of fused-ring (bicyclic) bond motifs is 3. The fourth-order valence-electron chi connectivity index (χ4n) is 6.24. The summed E-state index contributed by atoms with van der Waals surface area (Å²) in [4.78, 5) is 42.4. The minimum absolute atomic E-state index is 0.0290. The van der Waals surface area contributed by atoms with E-state index in [0.717, 1.165) is 16.1 Å². The average molecular weight is 634 g/mol. The highest BCUT2D eigenvalue weighted by atomic mass is 32.1. The third-order valence-corrected chi connectivity index (χ3v) is 9.62. The van der Waals surface area contributed by atoms with Gasteiger partial charge < -0.3 is 25.0 Å². The standard InChI is InChI=1S/C32H29F2N5O5S/c1-18(27-13-20(16-45-27)25-8-9-36-38-25)37-30(42)26-14-31(43-10-11-44-31)17-39(26)28(40)15-35-29(41)19-6-7-24-22(12-19)21-4-2-3-5-23(21)32(24,33)34/h2-9,12-13,16,18,26H,10-11,14-15,17H2,1H3,(H,35,41)(H,36,38)(H,37,42)/t18-,26?/m1/s1. The fraction of sp³-hybridized carbons (Fsp3) is 0.312. The van der Waals surface area contributed by atoms with Crippen molar-refractivity contribution in [2.75, 3.05) is 26.3 Å². The van der Waals surface area contributed by atoms with Gasteiger partial charge in [-0.25, -0.2) is 0 Å². The number of carbonyl (C=O) groups is 3. The Morgan fingerprint density at radius 3 is 2.64 bits per heavy atom. The minimum Gasteiger partial charge on any atom is -0.347 e. The van der Waals surface area contributed by atoms with Crippen molar-refractivity contribution >= 4 is 29.1 Å². The maximum absolute atomic E-state index is 14.9. The maximum Gasteiger partial charge on any atom is 0.299 e. The lowest BCUT2D eigenvalue weighted by atomic mass is 10.0. The number of aromatic amines is 1. The van der Waals surface area contributed by atoms with Gasteiger partial charge in [0.1, 0.15) is 6.04 Å². The van der Waals surface area contributed by atoms with E-state index in [9.17, 15) is 23.2 Å². The highest BCUT2D eigenvalue weighted by molar-refractivity contribution is 7.10. The molecule has 1 spiro atoms. The first-order valence-corrected chi connectivity index (χ1v) is 15.4. The molecule has 0 saturated carbocycles. The highest BCUT2D eigenvalue weighted by Crippen LogP contribution is 2.51. The topological polar surface area (TPSA) is 126 Å². The summed E-state index contributed by atoms with van der Waals surface area (Å²) in [6.45, 7) is 2.17. The molecule has 0 radical (unpaired) electrons. The van der Waals surface area contributed by atoms with Crippen molar-refractivity contribution in [2.24, 2.45) is 0 Å². The number of ether oxygens (including phenoxy) is 2. The molecule has 1 unspecified atom stereocenters. The Morgan fingerprint density at radius 1 is 1.09 bits per heavy atom. The summed E-state index contributed by atoms with van der Waals surface area (Å²) in [5.74, 6) is -5.72. The molecule has 3 aliphatic rings. The molecule has 2 atom stereocenters. The molecule has 2 saturated heterocycles. The number of nitrogens with zero attached hydrogens (tertiary/aromatic N) is 2. The van der Waals surface area contributed by atoms with Gasteiger partial charge in [0, 0.05) is 45.1 Å². The first kappa shape index (κ1) is 29.3. The Labute approximate surface area is 260 Å². The van der Waals surface area contributed by atoms with Gasteiger partial charge in [-0.3, -0.25) is 19.5 Å². The number of thiophene rings is 1. The summed E-state index contributed by atoms with van der Waals surface area (Å²) in [5, 5.41) is 14.5. The molecule has 2 aliphatic heterocycles. The van der Waals surface area contributed by atoms with E-state index in [1.165, 1.54) is 40.5 Å². The Bertz CT molecular complexity index is 1790. The van der Waals surface area contributed by atoms with Crippen LogP contribution in [0.1, 0.15) is 45.7 Å². The number of amides is 3. The van der Waals surface area contributed by atoms with Crippen LogP contribution < -0.4 is 10.6 Å². The smallest absolute Gasteiger partial charge is 0.299 e. The number of alkyl halides is 2. The largest absolute Gasteiger partial charge is 0.347 e. The van der Waals surface area contributed by atoms with Crippen LogP contribution in [0.25, 0.3) is 22.4 Å². The van der Waals surface area contributed by atoms with Crippen molar-refractivity contribution in [1.82, 2.24) is 25.7 Å². The van der Waals surface area contributed by atoms with Crippen LogP contribution in [0.15, 0.2) is 66.2 Å². The van der Waals surface area contributed by atoms with Gasteiger partial charge in [-0.1, -0.05) is 30.3 Å². The summed E-state index contributed by atoms with van der Waals surface area (Å²) in [5.41, 5.74) is 2.23. The second kappa shape index (κ2) is 11.2. The SMILES string of the molecule is C[C@@H](NC(=O)C1CC2(CN1C(=O)CNC(=O)c1ccc3c(c1)-c1ccccc1C3(F)F)OCCO2)c1cc(-c2cc[nH]n2)cs1. The molecular weight excluding hydrogens is 604 g/mol. The van der Waals surface area contributed by atoms with Crippen LogP contribution in [0, 0.1) is 0 Å². The number of nitrogens with one attached hydrogen (secondary N) is 3. The molecule has 0 bridgehead atoms. The molecular formula is C32H29F2N5O5S. The number of benzene rings is 2. The Balaban J connectivity index is 1.04. The zero-order valence-corrected chi connectivity index (χ0v) is 25.0. The zero-order chi connectivity index (χ0) is 31.3. The van der Waals surface area contributed by atoms with E-state index in [-0.39, 0.29) is 47.2 Å². The van der Waals surface area contributed by atoms with Crippen LogP contribution in [-0.4, -0.2) is 71.0 Å². The van der Waals surface area contributed by atoms with Crippen LogP contribution in [0.2, 0.25) is 0 Å². The second-order valence-electron chi connectivity index (χ2n) is 11.3. The Hall–Kier alpha value is -4.46. The van der Waals surface area contributed by atoms with Gasteiger partial charge in [0.2, 0.25) is 11.8 Å². The molecule has 7 rings (SSSR count). The van der Waals surface area contributed by atoms with Crippen molar-refractivity contribution in [1.29, 1.82) is 0 Å². The predicted octanol–water partition coefficient (Wildman–Crippen LogP) is 4.21. The van der Waals surface area contributed by atoms with Crippen LogP contribution in [0.3, 0.4) is 0 Å². The Morgan fingerprint density at radius 2 is 1.87 bits per heavy atom.